The molecule has 2 aliphatic heterocycles. The number of carbonyl (C=O) groups excluding carboxylic acids is 1. The van der Waals surface area contributed by atoms with Gasteiger partial charge in [0.2, 0.25) is 6.79 Å². The lowest BCUT2D eigenvalue weighted by molar-refractivity contribution is 0.0535. The highest BCUT2D eigenvalue weighted by molar-refractivity contribution is 6.13. The van der Waals surface area contributed by atoms with Crippen LogP contribution >= 0.6 is 0 Å². The van der Waals surface area contributed by atoms with E-state index in [9.17, 15) is 9.90 Å². The lowest BCUT2D eigenvalue weighted by Crippen LogP contribution is -2.00. The van der Waals surface area contributed by atoms with Gasteiger partial charge >= 0.3 is 5.97 Å². The van der Waals surface area contributed by atoms with Gasteiger partial charge in [0.1, 0.15) is 18.1 Å². The summed E-state index contributed by atoms with van der Waals surface area (Å²) in [6, 6.07) is 9.23. The molecule has 27 heavy (non-hydrogen) atoms. The van der Waals surface area contributed by atoms with Gasteiger partial charge in [-0.2, -0.15) is 0 Å². The molecular formula is C21H16O6. The van der Waals surface area contributed by atoms with E-state index in [1.807, 2.05) is 37.3 Å². The Bertz CT molecular complexity index is 1130. The molecule has 0 radical (unpaired) electrons. The summed E-state index contributed by atoms with van der Waals surface area (Å²) in [6.07, 6.45) is 0. The van der Waals surface area contributed by atoms with E-state index in [0.717, 1.165) is 11.1 Å². The molecule has 5 rings (SSSR count). The second-order valence-electron chi connectivity index (χ2n) is 6.59. The molecule has 2 aliphatic rings. The van der Waals surface area contributed by atoms with E-state index < -0.39 is 5.97 Å². The van der Waals surface area contributed by atoms with Crippen molar-refractivity contribution in [3.05, 3.63) is 47.0 Å². The predicted octanol–water partition coefficient (Wildman–Crippen LogP) is 3.93. The van der Waals surface area contributed by atoms with Crippen LogP contribution in [0.1, 0.15) is 21.5 Å². The molecule has 0 atom stereocenters. The first-order valence-electron chi connectivity index (χ1n) is 8.51. The van der Waals surface area contributed by atoms with Crippen molar-refractivity contribution in [1.29, 1.82) is 0 Å². The summed E-state index contributed by atoms with van der Waals surface area (Å²) in [6.45, 7) is 2.13. The van der Waals surface area contributed by atoms with Crippen molar-refractivity contribution in [3.8, 4) is 34.1 Å². The highest BCUT2D eigenvalue weighted by Gasteiger charge is 2.32. The summed E-state index contributed by atoms with van der Waals surface area (Å²) in [5.41, 5.74) is 3.25. The van der Waals surface area contributed by atoms with Gasteiger partial charge in [0.15, 0.2) is 11.5 Å². The smallest absolute Gasteiger partial charge is 0.339 e. The summed E-state index contributed by atoms with van der Waals surface area (Å²) >= 11 is 0. The van der Waals surface area contributed by atoms with E-state index in [1.165, 1.54) is 0 Å². The number of aromatic hydroxyl groups is 1. The van der Waals surface area contributed by atoms with Gasteiger partial charge in [-0.25, -0.2) is 4.79 Å². The summed E-state index contributed by atoms with van der Waals surface area (Å²) < 4.78 is 21.6. The van der Waals surface area contributed by atoms with Gasteiger partial charge in [-0.05, 0) is 47.7 Å². The molecule has 6 heteroatoms. The Morgan fingerprint density at radius 2 is 1.81 bits per heavy atom. The largest absolute Gasteiger partial charge is 0.507 e. The topological polar surface area (TPSA) is 74.2 Å². The van der Waals surface area contributed by atoms with Gasteiger partial charge in [0, 0.05) is 16.5 Å². The minimum absolute atomic E-state index is 0.0541. The number of cyclic esters (lactones) is 1. The van der Waals surface area contributed by atoms with Crippen LogP contribution < -0.4 is 14.2 Å². The number of hydrogen-bond donors (Lipinski definition) is 1. The third-order valence-corrected chi connectivity index (χ3v) is 5.11. The molecule has 0 spiro atoms. The Morgan fingerprint density at radius 3 is 2.63 bits per heavy atom. The lowest BCUT2D eigenvalue weighted by Gasteiger charge is -2.16. The van der Waals surface area contributed by atoms with Crippen LogP contribution in [0.25, 0.3) is 21.9 Å². The highest BCUT2D eigenvalue weighted by Crippen LogP contribution is 2.47. The van der Waals surface area contributed by atoms with E-state index in [1.54, 1.807) is 7.11 Å². The molecule has 0 aliphatic carbocycles. The molecule has 0 saturated carbocycles. The fourth-order valence-corrected chi connectivity index (χ4v) is 3.80. The van der Waals surface area contributed by atoms with Crippen LogP contribution in [0.4, 0.5) is 0 Å². The van der Waals surface area contributed by atoms with E-state index >= 15 is 0 Å². The first-order chi connectivity index (χ1) is 13.1. The number of esters is 1. The van der Waals surface area contributed by atoms with Gasteiger partial charge in [0.25, 0.3) is 0 Å². The quantitative estimate of drug-likeness (QED) is 0.695. The average Bonchev–Trinajstić information content (AvgIpc) is 3.29. The number of aryl methyl sites for hydroxylation is 1. The third-order valence-electron chi connectivity index (χ3n) is 5.11. The number of fused-ring (bicyclic) bond motifs is 3. The number of rotatable bonds is 2. The monoisotopic (exact) mass is 364 g/mol. The molecule has 136 valence electrons. The van der Waals surface area contributed by atoms with Crippen molar-refractivity contribution >= 4 is 16.7 Å². The van der Waals surface area contributed by atoms with E-state index in [4.69, 9.17) is 18.9 Å². The lowest BCUT2D eigenvalue weighted by atomic mass is 9.88. The Hall–Kier alpha value is -3.41. The second-order valence-corrected chi connectivity index (χ2v) is 6.59. The van der Waals surface area contributed by atoms with E-state index in [2.05, 4.69) is 0 Å². The number of carbonyl (C=O) groups is 1. The molecular weight excluding hydrogens is 348 g/mol. The summed E-state index contributed by atoms with van der Waals surface area (Å²) in [7, 11) is 1.59. The molecule has 0 bridgehead atoms. The van der Waals surface area contributed by atoms with Gasteiger partial charge in [0.05, 0.1) is 12.7 Å². The number of benzene rings is 3. The molecule has 0 saturated heterocycles. The van der Waals surface area contributed by atoms with Gasteiger partial charge in [-0.15, -0.1) is 0 Å². The van der Waals surface area contributed by atoms with Crippen molar-refractivity contribution in [2.24, 2.45) is 0 Å². The number of ether oxygens (including phenoxy) is 4. The van der Waals surface area contributed by atoms with Crippen LogP contribution in [-0.2, 0) is 11.3 Å². The fourth-order valence-electron chi connectivity index (χ4n) is 3.80. The zero-order valence-electron chi connectivity index (χ0n) is 14.8. The highest BCUT2D eigenvalue weighted by atomic mass is 16.7. The Kier molecular flexibility index (Phi) is 3.25. The molecule has 0 fully saturated rings. The van der Waals surface area contributed by atoms with Gasteiger partial charge in [-0.1, -0.05) is 6.07 Å². The Morgan fingerprint density at radius 1 is 1.00 bits per heavy atom. The zero-order chi connectivity index (χ0) is 18.7. The van der Waals surface area contributed by atoms with Crippen molar-refractivity contribution < 1.29 is 28.8 Å². The molecule has 1 N–H and O–H groups in total. The van der Waals surface area contributed by atoms with Crippen LogP contribution in [0.5, 0.6) is 23.0 Å². The van der Waals surface area contributed by atoms with Crippen molar-refractivity contribution in [2.45, 2.75) is 13.5 Å². The minimum Gasteiger partial charge on any atom is -0.507 e. The van der Waals surface area contributed by atoms with E-state index in [-0.39, 0.29) is 19.1 Å². The number of hydrogen-bond acceptors (Lipinski definition) is 6. The van der Waals surface area contributed by atoms with Crippen molar-refractivity contribution in [2.75, 3.05) is 13.9 Å². The molecule has 0 unspecified atom stereocenters. The van der Waals surface area contributed by atoms with Crippen LogP contribution in [-0.4, -0.2) is 25.0 Å². The SMILES string of the molecule is COc1cc2c(-c3ccc4c(c3)OCO4)c3c(c(O)c2cc1C)COC3=O. The maximum atomic E-state index is 12.5. The van der Waals surface area contributed by atoms with Crippen LogP contribution in [0.2, 0.25) is 0 Å². The number of methoxy groups -OCH3 is 1. The average molecular weight is 364 g/mol. The second kappa shape index (κ2) is 5.54. The van der Waals surface area contributed by atoms with Crippen LogP contribution in [0.15, 0.2) is 30.3 Å². The first kappa shape index (κ1) is 15.8. The third kappa shape index (κ3) is 2.16. The normalized spacial score (nSPS) is 14.4. The van der Waals surface area contributed by atoms with Crippen LogP contribution in [0, 0.1) is 6.92 Å². The molecule has 3 aromatic rings. The molecule has 6 nitrogen and oxygen atoms in total. The first-order valence-corrected chi connectivity index (χ1v) is 8.51. The molecule has 0 amide bonds. The summed E-state index contributed by atoms with van der Waals surface area (Å²) in [5, 5.41) is 12.1. The standard InChI is InChI=1S/C21H16O6/c1-10-5-13-12(7-16(10)24-2)18(19-14(20(13)22)8-25-21(19)23)11-3-4-15-17(6-11)27-9-26-15/h3-7,22H,8-9H2,1-2H3. The zero-order valence-corrected chi connectivity index (χ0v) is 14.8. The van der Waals surface area contributed by atoms with Crippen molar-refractivity contribution in [3.63, 3.8) is 0 Å². The predicted molar refractivity (Wildman–Crippen MR) is 97.6 cm³/mol. The molecule has 0 aromatic heterocycles. The number of phenolic OH excluding ortho intramolecular Hbond substituents is 1. The Labute approximate surface area is 154 Å². The van der Waals surface area contributed by atoms with Gasteiger partial charge in [-0.3, -0.25) is 0 Å². The fraction of sp³-hybridized carbons (Fsp3) is 0.190. The summed E-state index contributed by atoms with van der Waals surface area (Å²) in [4.78, 5) is 12.5. The number of phenols is 1. The molecule has 2 heterocycles. The maximum Gasteiger partial charge on any atom is 0.339 e. The molecule has 3 aromatic carbocycles. The maximum absolute atomic E-state index is 12.5. The van der Waals surface area contributed by atoms with Gasteiger partial charge < -0.3 is 24.1 Å². The summed E-state index contributed by atoms with van der Waals surface area (Å²) in [5.74, 6) is 1.58. The Balaban J connectivity index is 1.91. The van der Waals surface area contributed by atoms with Crippen molar-refractivity contribution in [1.82, 2.24) is 0 Å². The van der Waals surface area contributed by atoms with Crippen LogP contribution in [0.3, 0.4) is 0 Å². The minimum atomic E-state index is -0.450. The van der Waals surface area contributed by atoms with E-state index in [0.29, 0.717) is 44.7 Å².